The average molecular weight is 293 g/mol. The Bertz CT molecular complexity index is 476. The van der Waals surface area contributed by atoms with Crippen molar-refractivity contribution in [2.45, 2.75) is 37.6 Å². The lowest BCUT2D eigenvalue weighted by Crippen LogP contribution is -2.47. The smallest absolute Gasteiger partial charge is 0.239 e. The van der Waals surface area contributed by atoms with Gasteiger partial charge in [0, 0.05) is 18.1 Å². The molecule has 1 aromatic rings. The van der Waals surface area contributed by atoms with Crippen LogP contribution < -0.4 is 5.73 Å². The van der Waals surface area contributed by atoms with Gasteiger partial charge in [0.25, 0.3) is 0 Å². The molecule has 0 radical (unpaired) electrons. The number of carbonyl (C=O) groups is 1. The van der Waals surface area contributed by atoms with Crippen molar-refractivity contribution in [2.24, 2.45) is 11.7 Å². The molecule has 2 N–H and O–H groups in total. The highest BCUT2D eigenvalue weighted by molar-refractivity contribution is 6.30. The van der Waals surface area contributed by atoms with Gasteiger partial charge in [0.1, 0.15) is 0 Å². The number of likely N-dealkylation sites (tertiary alicyclic amines) is 1. The van der Waals surface area contributed by atoms with E-state index in [0.29, 0.717) is 11.8 Å². The third-order valence-corrected chi connectivity index (χ3v) is 4.82. The lowest BCUT2D eigenvalue weighted by molar-refractivity contribution is -0.134. The molecule has 1 aromatic carbocycles. The number of hydrogen-bond acceptors (Lipinski definition) is 2. The summed E-state index contributed by atoms with van der Waals surface area (Å²) in [4.78, 5) is 14.2. The molecule has 0 aromatic heterocycles. The van der Waals surface area contributed by atoms with Crippen molar-refractivity contribution < 1.29 is 4.79 Å². The predicted molar refractivity (Wildman–Crippen MR) is 80.7 cm³/mol. The van der Waals surface area contributed by atoms with Crippen molar-refractivity contribution in [3.63, 3.8) is 0 Å². The van der Waals surface area contributed by atoms with E-state index < -0.39 is 0 Å². The van der Waals surface area contributed by atoms with E-state index in [0.717, 1.165) is 43.8 Å². The molecule has 1 amide bonds. The molecule has 3 rings (SSSR count). The molecular weight excluding hydrogens is 272 g/mol. The Labute approximate surface area is 125 Å². The van der Waals surface area contributed by atoms with E-state index in [1.54, 1.807) is 0 Å². The minimum atomic E-state index is -0.262. The first-order chi connectivity index (χ1) is 9.65. The maximum Gasteiger partial charge on any atom is 0.239 e. The summed E-state index contributed by atoms with van der Waals surface area (Å²) in [7, 11) is 0. The summed E-state index contributed by atoms with van der Waals surface area (Å²) in [6.45, 7) is 1.65. The molecule has 108 valence electrons. The molecule has 1 saturated heterocycles. The molecule has 0 bridgehead atoms. The number of rotatable bonds is 3. The fraction of sp³-hybridized carbons (Fsp3) is 0.562. The first kappa shape index (κ1) is 13.9. The Morgan fingerprint density at radius 3 is 2.30 bits per heavy atom. The highest BCUT2D eigenvalue weighted by atomic mass is 35.5. The van der Waals surface area contributed by atoms with E-state index in [2.05, 4.69) is 12.1 Å². The molecular formula is C16H21ClN2O. The number of amides is 1. The molecule has 1 atom stereocenters. The van der Waals surface area contributed by atoms with Gasteiger partial charge < -0.3 is 10.6 Å². The lowest BCUT2D eigenvalue weighted by Gasteiger charge is -2.33. The Morgan fingerprint density at radius 1 is 1.15 bits per heavy atom. The van der Waals surface area contributed by atoms with E-state index in [4.69, 9.17) is 17.3 Å². The van der Waals surface area contributed by atoms with Crippen molar-refractivity contribution in [2.75, 3.05) is 13.1 Å². The van der Waals surface area contributed by atoms with Crippen LogP contribution in [0.1, 0.15) is 37.2 Å². The number of halogens is 1. The van der Waals surface area contributed by atoms with Crippen LogP contribution in [0.5, 0.6) is 0 Å². The molecule has 1 aliphatic carbocycles. The molecule has 20 heavy (non-hydrogen) atoms. The van der Waals surface area contributed by atoms with Crippen LogP contribution >= 0.6 is 11.6 Å². The van der Waals surface area contributed by atoms with Gasteiger partial charge in [-0.2, -0.15) is 0 Å². The summed E-state index contributed by atoms with van der Waals surface area (Å²) in [5.74, 6) is 1.13. The van der Waals surface area contributed by atoms with E-state index in [-0.39, 0.29) is 11.9 Å². The van der Waals surface area contributed by atoms with Gasteiger partial charge in [-0.1, -0.05) is 23.7 Å². The van der Waals surface area contributed by atoms with Gasteiger partial charge in [0.2, 0.25) is 5.91 Å². The predicted octanol–water partition coefficient (Wildman–Crippen LogP) is 2.78. The second-order valence-electron chi connectivity index (χ2n) is 6.01. The van der Waals surface area contributed by atoms with E-state index >= 15 is 0 Å². The topological polar surface area (TPSA) is 46.3 Å². The Balaban J connectivity index is 1.56. The van der Waals surface area contributed by atoms with Crippen LogP contribution in [0.25, 0.3) is 0 Å². The van der Waals surface area contributed by atoms with E-state index in [9.17, 15) is 4.79 Å². The normalized spacial score (nSPS) is 21.8. The number of carbonyl (C=O) groups excluding carboxylic acids is 1. The summed E-state index contributed by atoms with van der Waals surface area (Å²) >= 11 is 5.92. The van der Waals surface area contributed by atoms with Gasteiger partial charge in [-0.05, 0) is 55.2 Å². The maximum absolute atomic E-state index is 12.3. The summed E-state index contributed by atoms with van der Waals surface area (Å²) < 4.78 is 0. The monoisotopic (exact) mass is 292 g/mol. The number of benzene rings is 1. The zero-order chi connectivity index (χ0) is 14.1. The zero-order valence-corrected chi connectivity index (χ0v) is 12.4. The van der Waals surface area contributed by atoms with Crippen LogP contribution in [0.4, 0.5) is 0 Å². The molecule has 0 spiro atoms. The molecule has 2 fully saturated rings. The minimum Gasteiger partial charge on any atom is -0.341 e. The van der Waals surface area contributed by atoms with Crippen molar-refractivity contribution in [1.29, 1.82) is 0 Å². The van der Waals surface area contributed by atoms with Crippen LogP contribution in [-0.2, 0) is 4.79 Å². The van der Waals surface area contributed by atoms with Gasteiger partial charge in [-0.15, -0.1) is 0 Å². The SMILES string of the molecule is N[C@@H](C(=O)N1CCC(c2ccc(Cl)cc2)CC1)C1CC1. The molecule has 2 aliphatic rings. The molecule has 3 nitrogen and oxygen atoms in total. The molecule has 1 saturated carbocycles. The van der Waals surface area contributed by atoms with Gasteiger partial charge in [0.15, 0.2) is 0 Å². The first-order valence-electron chi connectivity index (χ1n) is 7.45. The second-order valence-corrected chi connectivity index (χ2v) is 6.45. The summed E-state index contributed by atoms with van der Waals surface area (Å²) in [5, 5.41) is 0.775. The highest BCUT2D eigenvalue weighted by Gasteiger charge is 2.36. The third kappa shape index (κ3) is 2.99. The van der Waals surface area contributed by atoms with Crippen LogP contribution in [0.3, 0.4) is 0 Å². The fourth-order valence-electron chi connectivity index (χ4n) is 3.04. The summed E-state index contributed by atoms with van der Waals surface area (Å²) in [5.41, 5.74) is 7.34. The number of nitrogens with zero attached hydrogens (tertiary/aromatic N) is 1. The largest absolute Gasteiger partial charge is 0.341 e. The Kier molecular flexibility index (Phi) is 3.99. The molecule has 1 heterocycles. The maximum atomic E-state index is 12.3. The minimum absolute atomic E-state index is 0.155. The summed E-state index contributed by atoms with van der Waals surface area (Å²) in [6.07, 6.45) is 4.28. The van der Waals surface area contributed by atoms with Gasteiger partial charge in [-0.25, -0.2) is 0 Å². The van der Waals surface area contributed by atoms with Gasteiger partial charge >= 0.3 is 0 Å². The van der Waals surface area contributed by atoms with Crippen LogP contribution in [0, 0.1) is 5.92 Å². The van der Waals surface area contributed by atoms with E-state index in [1.165, 1.54) is 5.56 Å². The van der Waals surface area contributed by atoms with E-state index in [1.807, 2.05) is 17.0 Å². The van der Waals surface area contributed by atoms with Crippen LogP contribution in [-0.4, -0.2) is 29.9 Å². The van der Waals surface area contributed by atoms with Gasteiger partial charge in [-0.3, -0.25) is 4.79 Å². The third-order valence-electron chi connectivity index (χ3n) is 4.56. The number of piperidine rings is 1. The average Bonchev–Trinajstić information content (AvgIpc) is 3.31. The van der Waals surface area contributed by atoms with Crippen LogP contribution in [0.2, 0.25) is 5.02 Å². The highest BCUT2D eigenvalue weighted by Crippen LogP contribution is 2.34. The van der Waals surface area contributed by atoms with Crippen molar-refractivity contribution in [3.8, 4) is 0 Å². The Hall–Kier alpha value is -1.06. The number of hydrogen-bond donors (Lipinski definition) is 1. The number of nitrogens with two attached hydrogens (primary N) is 1. The standard InChI is InChI=1S/C16H21ClN2O/c17-14-5-3-11(4-6-14)12-7-9-19(10-8-12)16(20)15(18)13-1-2-13/h3-6,12-13,15H,1-2,7-10,18H2/t15-/m1/s1. The van der Waals surface area contributed by atoms with Crippen molar-refractivity contribution in [3.05, 3.63) is 34.9 Å². The fourth-order valence-corrected chi connectivity index (χ4v) is 3.16. The van der Waals surface area contributed by atoms with Gasteiger partial charge in [0.05, 0.1) is 6.04 Å². The first-order valence-corrected chi connectivity index (χ1v) is 7.83. The lowest BCUT2D eigenvalue weighted by atomic mass is 9.89. The quantitative estimate of drug-likeness (QED) is 0.931. The molecule has 4 heteroatoms. The van der Waals surface area contributed by atoms with Crippen molar-refractivity contribution >= 4 is 17.5 Å². The van der Waals surface area contributed by atoms with Crippen LogP contribution in [0.15, 0.2) is 24.3 Å². The molecule has 1 aliphatic heterocycles. The zero-order valence-electron chi connectivity index (χ0n) is 11.6. The second kappa shape index (κ2) is 5.74. The van der Waals surface area contributed by atoms with Crippen molar-refractivity contribution in [1.82, 2.24) is 4.90 Å². The summed E-state index contributed by atoms with van der Waals surface area (Å²) in [6, 6.07) is 7.82. The molecule has 0 unspecified atom stereocenters. The Morgan fingerprint density at radius 2 is 1.75 bits per heavy atom.